The van der Waals surface area contributed by atoms with Crippen LogP contribution in [0.4, 0.5) is 0 Å². The number of rotatable bonds is 47. The minimum Gasteiger partial charge on any atom is -0.368 e. The van der Waals surface area contributed by atoms with Gasteiger partial charge in [0.2, 0.25) is 5.91 Å². The predicted octanol–water partition coefficient (Wildman–Crippen LogP) is 15.3. The molecule has 0 aliphatic carbocycles. The van der Waals surface area contributed by atoms with Crippen molar-refractivity contribution in [1.82, 2.24) is 5.32 Å². The van der Waals surface area contributed by atoms with Gasteiger partial charge in [0.1, 0.15) is 0 Å². The SMILES string of the molecule is C=CCOP(=O)(OCCC)OC[C@H](CCC(CCCCCCCCC)NC(=O)CCCCCCCCCCCCC)OC(O)CCCCCCCCCCCCC. The molecule has 1 amide bonds. The number of carbonyl (C=O) groups excluding carboxylic acids is 1. The number of hydrogen-bond acceptors (Lipinski definition) is 7. The molecule has 0 bridgehead atoms. The zero-order valence-corrected chi connectivity index (χ0v) is 39.1. The van der Waals surface area contributed by atoms with Gasteiger partial charge in [-0.1, -0.05) is 207 Å². The Bertz CT molecular complexity index is 906. The second-order valence-corrected chi connectivity index (χ2v) is 18.4. The van der Waals surface area contributed by atoms with E-state index in [-0.39, 0.29) is 31.8 Å². The van der Waals surface area contributed by atoms with E-state index in [1.165, 1.54) is 154 Å². The Morgan fingerprint density at radius 2 is 1.00 bits per heavy atom. The third-order valence-electron chi connectivity index (χ3n) is 11.0. The van der Waals surface area contributed by atoms with Crippen molar-refractivity contribution in [3.8, 4) is 0 Å². The van der Waals surface area contributed by atoms with Crippen LogP contribution in [0.3, 0.4) is 0 Å². The first-order valence-electron chi connectivity index (χ1n) is 24.6. The molecule has 340 valence electrons. The van der Waals surface area contributed by atoms with Crippen molar-refractivity contribution in [1.29, 1.82) is 0 Å². The topological polar surface area (TPSA) is 103 Å². The van der Waals surface area contributed by atoms with Gasteiger partial charge in [-0.05, 0) is 44.9 Å². The van der Waals surface area contributed by atoms with Crippen LogP contribution in [-0.2, 0) is 27.7 Å². The molecular formula is C48H96NO7P. The van der Waals surface area contributed by atoms with Crippen LogP contribution in [0.1, 0.15) is 252 Å². The molecule has 0 aliphatic heterocycles. The normalized spacial score (nSPS) is 14.3. The van der Waals surface area contributed by atoms with Gasteiger partial charge in [0.25, 0.3) is 0 Å². The van der Waals surface area contributed by atoms with Gasteiger partial charge in [-0.15, -0.1) is 6.58 Å². The number of amides is 1. The van der Waals surface area contributed by atoms with E-state index in [9.17, 15) is 14.5 Å². The van der Waals surface area contributed by atoms with E-state index < -0.39 is 20.2 Å². The third-order valence-corrected chi connectivity index (χ3v) is 12.4. The van der Waals surface area contributed by atoms with E-state index in [4.69, 9.17) is 18.3 Å². The second kappa shape index (κ2) is 43.3. The zero-order valence-electron chi connectivity index (χ0n) is 38.2. The quantitative estimate of drug-likeness (QED) is 0.0272. The minimum absolute atomic E-state index is 0.0101. The Hall–Kier alpha value is -0.760. The summed E-state index contributed by atoms with van der Waals surface area (Å²) in [4.78, 5) is 13.2. The minimum atomic E-state index is -3.84. The molecule has 0 fully saturated rings. The summed E-state index contributed by atoms with van der Waals surface area (Å²) in [5, 5.41) is 14.4. The highest BCUT2D eigenvalue weighted by Gasteiger charge is 2.29. The number of nitrogens with one attached hydrogen (secondary N) is 1. The lowest BCUT2D eigenvalue weighted by molar-refractivity contribution is -0.152. The predicted molar refractivity (Wildman–Crippen MR) is 243 cm³/mol. The number of phosphoric acid groups is 1. The number of aliphatic hydroxyl groups excluding tert-OH is 1. The van der Waals surface area contributed by atoms with Crippen molar-refractivity contribution in [3.05, 3.63) is 12.7 Å². The summed E-state index contributed by atoms with van der Waals surface area (Å²) in [7, 11) is -3.84. The maximum absolute atomic E-state index is 13.4. The van der Waals surface area contributed by atoms with Gasteiger partial charge in [0.15, 0.2) is 6.29 Å². The maximum Gasteiger partial charge on any atom is 0.475 e. The molecule has 2 N–H and O–H groups in total. The summed E-state index contributed by atoms with van der Waals surface area (Å²) in [6.45, 7) is 12.6. The summed E-state index contributed by atoms with van der Waals surface area (Å²) >= 11 is 0. The lowest BCUT2D eigenvalue weighted by Crippen LogP contribution is -2.36. The van der Waals surface area contributed by atoms with Crippen LogP contribution in [0.2, 0.25) is 0 Å². The summed E-state index contributed by atoms with van der Waals surface area (Å²) in [6, 6.07) is 0.0101. The standard InChI is InChI=1S/C48H96NO7P/c1-6-11-14-17-20-22-24-26-29-32-35-38-47(50)49-45(37-34-31-28-19-16-13-8-3)40-41-46(44-55-57(52,53-42-9-4)54-43-10-5)56-48(51)39-36-33-30-27-25-23-21-18-15-12-7-2/h9,45-46,48,51H,4,6-8,10-44H2,1-3,5H3,(H,49,50)/t45?,46-,48?,57?/m0/s1. The Balaban J connectivity index is 5.20. The van der Waals surface area contributed by atoms with Crippen molar-refractivity contribution in [2.75, 3.05) is 19.8 Å². The molecule has 57 heavy (non-hydrogen) atoms. The summed E-state index contributed by atoms with van der Waals surface area (Å²) in [5.41, 5.74) is 0. The first kappa shape index (κ1) is 56.2. The first-order valence-corrected chi connectivity index (χ1v) is 26.1. The Labute approximate surface area is 354 Å². The van der Waals surface area contributed by atoms with E-state index >= 15 is 0 Å². The molecule has 0 heterocycles. The second-order valence-electron chi connectivity index (χ2n) is 16.7. The monoisotopic (exact) mass is 830 g/mol. The van der Waals surface area contributed by atoms with Gasteiger partial charge in [0, 0.05) is 12.5 Å². The highest BCUT2D eigenvalue weighted by atomic mass is 31.2. The van der Waals surface area contributed by atoms with Crippen LogP contribution in [0.25, 0.3) is 0 Å². The third kappa shape index (κ3) is 39.2. The summed E-state index contributed by atoms with van der Waals surface area (Å²) in [5.74, 6) is 0.124. The Morgan fingerprint density at radius 3 is 1.46 bits per heavy atom. The molecule has 4 atom stereocenters. The van der Waals surface area contributed by atoms with Crippen LogP contribution in [0.15, 0.2) is 12.7 Å². The van der Waals surface area contributed by atoms with E-state index in [0.29, 0.717) is 32.1 Å². The van der Waals surface area contributed by atoms with Gasteiger partial charge in [-0.2, -0.15) is 0 Å². The van der Waals surface area contributed by atoms with Crippen LogP contribution < -0.4 is 5.32 Å². The van der Waals surface area contributed by atoms with Crippen LogP contribution in [-0.4, -0.2) is 49.3 Å². The van der Waals surface area contributed by atoms with E-state index in [1.54, 1.807) is 0 Å². The smallest absolute Gasteiger partial charge is 0.368 e. The molecule has 0 radical (unpaired) electrons. The summed E-state index contributed by atoms with van der Waals surface area (Å²) < 4.78 is 36.4. The van der Waals surface area contributed by atoms with Gasteiger partial charge < -0.3 is 15.2 Å². The largest absolute Gasteiger partial charge is 0.475 e. The molecular weight excluding hydrogens is 734 g/mol. The van der Waals surface area contributed by atoms with E-state index in [1.807, 2.05) is 6.92 Å². The van der Waals surface area contributed by atoms with Gasteiger partial charge in [0.05, 0.1) is 25.9 Å². The number of ether oxygens (including phenoxy) is 1. The molecule has 8 nitrogen and oxygen atoms in total. The molecule has 0 rings (SSSR count). The van der Waals surface area contributed by atoms with Gasteiger partial charge >= 0.3 is 7.82 Å². The molecule has 0 saturated heterocycles. The highest BCUT2D eigenvalue weighted by Crippen LogP contribution is 2.49. The fourth-order valence-corrected chi connectivity index (χ4v) is 8.64. The van der Waals surface area contributed by atoms with Crippen molar-refractivity contribution >= 4 is 13.7 Å². The number of carbonyl (C=O) groups is 1. The lowest BCUT2D eigenvalue weighted by Gasteiger charge is -2.26. The van der Waals surface area contributed by atoms with Crippen LogP contribution >= 0.6 is 7.82 Å². The van der Waals surface area contributed by atoms with Crippen LogP contribution in [0, 0.1) is 0 Å². The van der Waals surface area contributed by atoms with Crippen molar-refractivity contribution in [2.24, 2.45) is 0 Å². The van der Waals surface area contributed by atoms with Crippen molar-refractivity contribution in [2.45, 2.75) is 271 Å². The molecule has 0 aromatic carbocycles. The van der Waals surface area contributed by atoms with Crippen molar-refractivity contribution < 1.29 is 32.8 Å². The average Bonchev–Trinajstić information content (AvgIpc) is 3.20. The fraction of sp³-hybridized carbons (Fsp3) is 0.938. The van der Waals surface area contributed by atoms with E-state index in [2.05, 4.69) is 32.7 Å². The molecule has 0 aromatic heterocycles. The van der Waals surface area contributed by atoms with Crippen molar-refractivity contribution in [3.63, 3.8) is 0 Å². The number of aliphatic hydroxyl groups is 1. The van der Waals surface area contributed by atoms with Gasteiger partial charge in [-0.3, -0.25) is 18.4 Å². The molecule has 3 unspecified atom stereocenters. The average molecular weight is 830 g/mol. The summed E-state index contributed by atoms with van der Waals surface area (Å²) in [6.07, 6.45) is 40.1. The lowest BCUT2D eigenvalue weighted by atomic mass is 10.00. The molecule has 0 saturated carbocycles. The Kier molecular flexibility index (Phi) is 42.8. The molecule has 9 heteroatoms. The van der Waals surface area contributed by atoms with E-state index in [0.717, 1.165) is 44.9 Å². The maximum atomic E-state index is 13.4. The fourth-order valence-electron chi connectivity index (χ4n) is 7.37. The van der Waals surface area contributed by atoms with Crippen LogP contribution in [0.5, 0.6) is 0 Å². The van der Waals surface area contributed by atoms with Gasteiger partial charge in [-0.25, -0.2) is 4.57 Å². The highest BCUT2D eigenvalue weighted by molar-refractivity contribution is 7.48. The zero-order chi connectivity index (χ0) is 41.9. The number of unbranched alkanes of at least 4 members (excludes halogenated alkanes) is 26. The number of phosphoric ester groups is 1. The molecule has 0 aromatic rings. The Morgan fingerprint density at radius 1 is 0.561 bits per heavy atom. The number of hydrogen-bond donors (Lipinski definition) is 2. The first-order chi connectivity index (χ1) is 27.8. The molecule has 0 aliphatic rings. The molecule has 0 spiro atoms.